The Morgan fingerprint density at radius 1 is 1.07 bits per heavy atom. The van der Waals surface area contributed by atoms with Crippen LogP contribution in [0.25, 0.3) is 11.3 Å². The van der Waals surface area contributed by atoms with Gasteiger partial charge >= 0.3 is 0 Å². The maximum Gasteiger partial charge on any atom is 0.221 e. The van der Waals surface area contributed by atoms with E-state index in [2.05, 4.69) is 15.0 Å². The second-order valence-electron chi connectivity index (χ2n) is 2.74. The molecule has 0 aliphatic carbocycles. The molecule has 2 heterocycles. The molecule has 0 aliphatic heterocycles. The van der Waals surface area contributed by atoms with E-state index in [1.54, 1.807) is 12.4 Å². The van der Waals surface area contributed by atoms with Crippen LogP contribution in [-0.4, -0.2) is 15.0 Å². The Balaban J connectivity index is 2.53. The zero-order valence-electron chi connectivity index (χ0n) is 7.38. The number of pyridine rings is 1. The summed E-state index contributed by atoms with van der Waals surface area (Å²) in [7, 11) is 0. The van der Waals surface area contributed by atoms with Gasteiger partial charge in [0.25, 0.3) is 0 Å². The summed E-state index contributed by atoms with van der Waals surface area (Å²) < 4.78 is 0. The van der Waals surface area contributed by atoms with Crippen molar-refractivity contribution in [1.82, 2.24) is 15.0 Å². The van der Waals surface area contributed by atoms with Crippen molar-refractivity contribution in [3.05, 3.63) is 30.6 Å². The second-order valence-corrected chi connectivity index (χ2v) is 2.74. The number of nitrogens with two attached hydrogens (primary N) is 2. The highest BCUT2D eigenvalue weighted by atomic mass is 15.0. The van der Waals surface area contributed by atoms with Crippen molar-refractivity contribution in [2.45, 2.75) is 0 Å². The van der Waals surface area contributed by atoms with Gasteiger partial charge in [0.1, 0.15) is 5.82 Å². The number of anilines is 2. The average molecular weight is 187 g/mol. The van der Waals surface area contributed by atoms with Gasteiger partial charge < -0.3 is 11.5 Å². The zero-order chi connectivity index (χ0) is 9.97. The Labute approximate surface area is 80.8 Å². The number of hydrogen-bond donors (Lipinski definition) is 2. The normalized spacial score (nSPS) is 10.0. The molecule has 5 heteroatoms. The van der Waals surface area contributed by atoms with Gasteiger partial charge in [0.15, 0.2) is 0 Å². The smallest absolute Gasteiger partial charge is 0.221 e. The average Bonchev–Trinajstić information content (AvgIpc) is 2.19. The van der Waals surface area contributed by atoms with E-state index >= 15 is 0 Å². The van der Waals surface area contributed by atoms with Crippen LogP contribution in [0.3, 0.4) is 0 Å². The third-order valence-electron chi connectivity index (χ3n) is 1.78. The molecule has 4 N–H and O–H groups in total. The fraction of sp³-hybridized carbons (Fsp3) is 0. The minimum Gasteiger partial charge on any atom is -0.383 e. The lowest BCUT2D eigenvalue weighted by Gasteiger charge is -2.02. The first-order valence-corrected chi connectivity index (χ1v) is 4.07. The predicted molar refractivity (Wildman–Crippen MR) is 54.1 cm³/mol. The molecule has 0 bridgehead atoms. The molecule has 5 nitrogen and oxygen atoms in total. The first-order valence-electron chi connectivity index (χ1n) is 4.07. The van der Waals surface area contributed by atoms with Crippen LogP contribution in [0.15, 0.2) is 30.6 Å². The van der Waals surface area contributed by atoms with Crippen LogP contribution in [0, 0.1) is 0 Å². The molecule has 0 saturated carbocycles. The standard InChI is InChI=1S/C9H9N5/c10-8-6(5-13-9(11)14-8)7-3-1-2-4-12-7/h1-5H,(H4,10,11,13,14). The van der Waals surface area contributed by atoms with Gasteiger partial charge in [-0.1, -0.05) is 6.07 Å². The highest BCUT2D eigenvalue weighted by molar-refractivity contribution is 5.70. The molecule has 0 unspecified atom stereocenters. The summed E-state index contributed by atoms with van der Waals surface area (Å²) in [6, 6.07) is 5.54. The van der Waals surface area contributed by atoms with Crippen molar-refractivity contribution < 1.29 is 0 Å². The summed E-state index contributed by atoms with van der Waals surface area (Å²) >= 11 is 0. The molecule has 2 rings (SSSR count). The van der Waals surface area contributed by atoms with E-state index in [4.69, 9.17) is 11.5 Å². The van der Waals surface area contributed by atoms with Crippen molar-refractivity contribution in [1.29, 1.82) is 0 Å². The summed E-state index contributed by atoms with van der Waals surface area (Å²) in [5.74, 6) is 0.512. The molecule has 0 spiro atoms. The number of aromatic nitrogens is 3. The predicted octanol–water partition coefficient (Wildman–Crippen LogP) is 0.703. The van der Waals surface area contributed by atoms with Gasteiger partial charge in [-0.25, -0.2) is 4.98 Å². The van der Waals surface area contributed by atoms with E-state index in [1.807, 2.05) is 18.2 Å². The van der Waals surface area contributed by atoms with Gasteiger partial charge in [0.05, 0.1) is 11.3 Å². The maximum absolute atomic E-state index is 5.68. The van der Waals surface area contributed by atoms with Crippen LogP contribution in [0.5, 0.6) is 0 Å². The summed E-state index contributed by atoms with van der Waals surface area (Å²) in [4.78, 5) is 11.9. The van der Waals surface area contributed by atoms with Crippen LogP contribution in [0.2, 0.25) is 0 Å². The second kappa shape index (κ2) is 3.29. The van der Waals surface area contributed by atoms with Crippen LogP contribution in [-0.2, 0) is 0 Å². The first kappa shape index (κ1) is 8.43. The quantitative estimate of drug-likeness (QED) is 0.685. The van der Waals surface area contributed by atoms with Crippen LogP contribution in [0.1, 0.15) is 0 Å². The van der Waals surface area contributed by atoms with Gasteiger partial charge in [0, 0.05) is 12.4 Å². The molecule has 0 amide bonds. The molecule has 0 radical (unpaired) electrons. The fourth-order valence-corrected chi connectivity index (χ4v) is 1.13. The van der Waals surface area contributed by atoms with Gasteiger partial charge in [-0.05, 0) is 12.1 Å². The maximum atomic E-state index is 5.68. The Morgan fingerprint density at radius 2 is 1.93 bits per heavy atom. The highest BCUT2D eigenvalue weighted by Crippen LogP contribution is 2.20. The minimum absolute atomic E-state index is 0.169. The minimum atomic E-state index is 0.169. The van der Waals surface area contributed by atoms with Gasteiger partial charge in [0.2, 0.25) is 5.95 Å². The van der Waals surface area contributed by atoms with Gasteiger partial charge in [-0.3, -0.25) is 4.98 Å². The number of nitrogens with zero attached hydrogens (tertiary/aromatic N) is 3. The van der Waals surface area contributed by atoms with Crippen molar-refractivity contribution in [2.24, 2.45) is 0 Å². The Kier molecular flexibility index (Phi) is 1.98. The van der Waals surface area contributed by atoms with Crippen molar-refractivity contribution >= 4 is 11.8 Å². The van der Waals surface area contributed by atoms with Gasteiger partial charge in [-0.2, -0.15) is 4.98 Å². The number of hydrogen-bond acceptors (Lipinski definition) is 5. The fourth-order valence-electron chi connectivity index (χ4n) is 1.13. The van der Waals surface area contributed by atoms with E-state index in [0.717, 1.165) is 5.69 Å². The molecule has 0 aliphatic rings. The van der Waals surface area contributed by atoms with Crippen molar-refractivity contribution in [3.8, 4) is 11.3 Å². The lowest BCUT2D eigenvalue weighted by molar-refractivity contribution is 1.18. The third kappa shape index (κ3) is 1.47. The topological polar surface area (TPSA) is 90.7 Å². The first-order chi connectivity index (χ1) is 6.77. The summed E-state index contributed by atoms with van der Waals surface area (Å²) in [5.41, 5.74) is 12.5. The number of rotatable bonds is 1. The van der Waals surface area contributed by atoms with Crippen LogP contribution < -0.4 is 11.5 Å². The largest absolute Gasteiger partial charge is 0.383 e. The summed E-state index contributed by atoms with van der Waals surface area (Å²) in [6.07, 6.45) is 3.26. The van der Waals surface area contributed by atoms with Crippen molar-refractivity contribution in [2.75, 3.05) is 11.5 Å². The molecule has 14 heavy (non-hydrogen) atoms. The van der Waals surface area contributed by atoms with E-state index in [0.29, 0.717) is 11.4 Å². The molecular formula is C9H9N5. The third-order valence-corrected chi connectivity index (χ3v) is 1.78. The van der Waals surface area contributed by atoms with Gasteiger partial charge in [-0.15, -0.1) is 0 Å². The Bertz CT molecular complexity index is 440. The molecule has 2 aromatic heterocycles. The molecule has 0 saturated heterocycles. The monoisotopic (exact) mass is 187 g/mol. The molecule has 0 fully saturated rings. The SMILES string of the molecule is Nc1ncc(-c2ccccn2)c(N)n1. The summed E-state index contributed by atoms with van der Waals surface area (Å²) in [5, 5.41) is 0. The Morgan fingerprint density at radius 3 is 2.57 bits per heavy atom. The van der Waals surface area contributed by atoms with E-state index in [-0.39, 0.29) is 5.95 Å². The Hall–Kier alpha value is -2.17. The zero-order valence-corrected chi connectivity index (χ0v) is 7.38. The highest BCUT2D eigenvalue weighted by Gasteiger charge is 2.05. The molecule has 0 atom stereocenters. The van der Waals surface area contributed by atoms with Crippen molar-refractivity contribution in [3.63, 3.8) is 0 Å². The van der Waals surface area contributed by atoms with E-state index in [1.165, 1.54) is 0 Å². The van der Waals surface area contributed by atoms with E-state index in [9.17, 15) is 0 Å². The molecular weight excluding hydrogens is 178 g/mol. The molecule has 2 aromatic rings. The molecule has 0 aromatic carbocycles. The lowest BCUT2D eigenvalue weighted by Crippen LogP contribution is -2.01. The summed E-state index contributed by atoms with van der Waals surface area (Å²) in [6.45, 7) is 0. The number of nitrogen functional groups attached to an aromatic ring is 2. The van der Waals surface area contributed by atoms with Crippen LogP contribution >= 0.6 is 0 Å². The van der Waals surface area contributed by atoms with Crippen LogP contribution in [0.4, 0.5) is 11.8 Å². The molecule has 70 valence electrons. The van der Waals surface area contributed by atoms with E-state index < -0.39 is 0 Å². The lowest BCUT2D eigenvalue weighted by atomic mass is 10.2.